The van der Waals surface area contributed by atoms with Crippen LogP contribution in [0.25, 0.3) is 21.5 Å². The van der Waals surface area contributed by atoms with E-state index in [-0.39, 0.29) is 0 Å². The largest absolute Gasteiger partial charge is 0.478 e. The number of para-hydroxylation sites is 1. The number of hydrogen-bond donors (Lipinski definition) is 2. The number of hydrogen-bond acceptors (Lipinski definition) is 2. The van der Waals surface area contributed by atoms with Gasteiger partial charge in [-0.1, -0.05) is 29.8 Å². The molecule has 0 spiro atoms. The van der Waals surface area contributed by atoms with Crippen molar-refractivity contribution in [1.29, 1.82) is 0 Å². The predicted molar refractivity (Wildman–Crippen MR) is 73.6 cm³/mol. The summed E-state index contributed by atoms with van der Waals surface area (Å²) >= 11 is 7.26. The van der Waals surface area contributed by atoms with Crippen LogP contribution in [0.1, 0.15) is 10.4 Å². The number of halogens is 1. The van der Waals surface area contributed by atoms with Gasteiger partial charge in [-0.15, -0.1) is 11.3 Å². The topological polar surface area (TPSA) is 53.1 Å². The van der Waals surface area contributed by atoms with Gasteiger partial charge in [0.1, 0.15) is 0 Å². The van der Waals surface area contributed by atoms with Crippen LogP contribution in [-0.2, 0) is 0 Å². The van der Waals surface area contributed by atoms with E-state index in [9.17, 15) is 9.90 Å². The minimum atomic E-state index is -0.938. The summed E-state index contributed by atoms with van der Waals surface area (Å²) in [6, 6.07) is 10.9. The van der Waals surface area contributed by atoms with Crippen LogP contribution in [-0.4, -0.2) is 16.1 Å². The van der Waals surface area contributed by atoms with Gasteiger partial charge in [-0.05, 0) is 18.2 Å². The van der Waals surface area contributed by atoms with Gasteiger partial charge < -0.3 is 10.1 Å². The Morgan fingerprint density at radius 3 is 2.67 bits per heavy atom. The summed E-state index contributed by atoms with van der Waals surface area (Å²) in [4.78, 5) is 15.4. The quantitative estimate of drug-likeness (QED) is 0.736. The molecule has 2 N–H and O–H groups in total. The first-order valence-corrected chi connectivity index (χ1v) is 6.46. The monoisotopic (exact) mass is 277 g/mol. The molecule has 0 bridgehead atoms. The normalized spacial score (nSPS) is 10.9. The lowest BCUT2D eigenvalue weighted by molar-refractivity contribution is 0.0700. The maximum absolute atomic E-state index is 11.4. The molecule has 0 saturated carbocycles. The molecule has 0 saturated heterocycles. The number of carboxylic acids is 1. The molecule has 0 radical (unpaired) electrons. The molecule has 3 aromatic rings. The fourth-order valence-electron chi connectivity index (χ4n) is 2.00. The fourth-order valence-corrected chi connectivity index (χ4v) is 3.05. The van der Waals surface area contributed by atoms with Gasteiger partial charge in [0.15, 0.2) is 0 Å². The fraction of sp³-hybridized carbons (Fsp3) is 0. The summed E-state index contributed by atoms with van der Waals surface area (Å²) in [7, 11) is 0. The van der Waals surface area contributed by atoms with Crippen molar-refractivity contribution < 1.29 is 9.90 Å². The minimum absolute atomic E-state index is 0.295. The van der Waals surface area contributed by atoms with Crippen LogP contribution in [0.2, 0.25) is 4.34 Å². The van der Waals surface area contributed by atoms with Crippen LogP contribution in [0.15, 0.2) is 36.4 Å². The Morgan fingerprint density at radius 1 is 1.22 bits per heavy atom. The molecule has 0 atom stereocenters. The molecule has 1 aromatic carbocycles. The molecule has 3 nitrogen and oxygen atoms in total. The van der Waals surface area contributed by atoms with E-state index in [4.69, 9.17) is 11.6 Å². The first kappa shape index (κ1) is 11.3. The second-order valence-corrected chi connectivity index (χ2v) is 5.54. The Balaban J connectivity index is 2.34. The molecular formula is C13H8ClNO2S. The van der Waals surface area contributed by atoms with Crippen LogP contribution in [0.4, 0.5) is 0 Å². The maximum atomic E-state index is 11.4. The number of nitrogens with one attached hydrogen (secondary N) is 1. The third-order valence-corrected chi connectivity index (χ3v) is 3.99. The molecule has 0 amide bonds. The molecule has 0 aliphatic heterocycles. The first-order valence-electron chi connectivity index (χ1n) is 5.26. The van der Waals surface area contributed by atoms with Crippen LogP contribution in [0, 0.1) is 0 Å². The van der Waals surface area contributed by atoms with Crippen LogP contribution in [0.5, 0.6) is 0 Å². The lowest BCUT2D eigenvalue weighted by Gasteiger charge is -1.96. The number of H-pyrrole nitrogens is 1. The van der Waals surface area contributed by atoms with Crippen molar-refractivity contribution in [3.05, 3.63) is 46.3 Å². The van der Waals surface area contributed by atoms with E-state index in [1.807, 2.05) is 24.3 Å². The highest BCUT2D eigenvalue weighted by Crippen LogP contribution is 2.35. The predicted octanol–water partition coefficient (Wildman–Crippen LogP) is 4.25. The average Bonchev–Trinajstić information content (AvgIpc) is 2.91. The van der Waals surface area contributed by atoms with E-state index >= 15 is 0 Å². The average molecular weight is 278 g/mol. The van der Waals surface area contributed by atoms with Crippen LogP contribution >= 0.6 is 22.9 Å². The summed E-state index contributed by atoms with van der Waals surface area (Å²) < 4.78 is 0.639. The van der Waals surface area contributed by atoms with Crippen molar-refractivity contribution >= 4 is 39.8 Å². The van der Waals surface area contributed by atoms with Gasteiger partial charge in [0.2, 0.25) is 0 Å². The SMILES string of the molecule is O=C(O)c1c(-c2ccc(Cl)s2)[nH]c2ccccc12. The summed E-state index contributed by atoms with van der Waals surface area (Å²) in [5.41, 5.74) is 1.72. The number of aromatic carboxylic acids is 1. The zero-order valence-electron chi connectivity index (χ0n) is 9.11. The highest BCUT2D eigenvalue weighted by Gasteiger charge is 2.19. The summed E-state index contributed by atoms with van der Waals surface area (Å²) in [5.74, 6) is -0.938. The van der Waals surface area contributed by atoms with E-state index in [0.29, 0.717) is 21.0 Å². The highest BCUT2D eigenvalue weighted by molar-refractivity contribution is 7.19. The van der Waals surface area contributed by atoms with Crippen molar-refractivity contribution in [2.24, 2.45) is 0 Å². The smallest absolute Gasteiger partial charge is 0.338 e. The van der Waals surface area contributed by atoms with Crippen molar-refractivity contribution in [3.8, 4) is 10.6 Å². The first-order chi connectivity index (χ1) is 8.66. The molecule has 0 unspecified atom stereocenters. The van der Waals surface area contributed by atoms with Crippen LogP contribution in [0.3, 0.4) is 0 Å². The van der Waals surface area contributed by atoms with E-state index in [0.717, 1.165) is 10.4 Å². The Bertz CT molecular complexity index is 744. The molecule has 3 rings (SSSR count). The van der Waals surface area contributed by atoms with Gasteiger partial charge in [-0.3, -0.25) is 0 Å². The third kappa shape index (κ3) is 1.70. The minimum Gasteiger partial charge on any atom is -0.478 e. The molecule has 2 heterocycles. The summed E-state index contributed by atoms with van der Waals surface area (Å²) in [5, 5.41) is 10.1. The zero-order valence-corrected chi connectivity index (χ0v) is 10.7. The van der Waals surface area contributed by atoms with Gasteiger partial charge in [0.25, 0.3) is 0 Å². The number of carbonyl (C=O) groups is 1. The number of aromatic nitrogens is 1. The standard InChI is InChI=1S/C13H8ClNO2S/c14-10-6-5-9(18-10)12-11(13(16)17)7-3-1-2-4-8(7)15-12/h1-6,15H,(H,16,17). The molecule has 0 aliphatic rings. The Hall–Kier alpha value is -1.78. The zero-order chi connectivity index (χ0) is 12.7. The Labute approximate surface area is 112 Å². The van der Waals surface area contributed by atoms with E-state index < -0.39 is 5.97 Å². The molecule has 90 valence electrons. The van der Waals surface area contributed by atoms with Crippen molar-refractivity contribution in [1.82, 2.24) is 4.98 Å². The number of benzene rings is 1. The molecule has 0 aliphatic carbocycles. The van der Waals surface area contributed by atoms with Gasteiger partial charge >= 0.3 is 5.97 Å². The van der Waals surface area contributed by atoms with Crippen molar-refractivity contribution in [2.75, 3.05) is 0 Å². The number of fused-ring (bicyclic) bond motifs is 1. The second kappa shape index (κ2) is 4.15. The van der Waals surface area contributed by atoms with Gasteiger partial charge in [0.05, 0.1) is 20.5 Å². The van der Waals surface area contributed by atoms with E-state index in [2.05, 4.69) is 4.98 Å². The molecule has 5 heteroatoms. The molecule has 2 aromatic heterocycles. The molecule has 0 fully saturated rings. The number of rotatable bonds is 2. The molecule has 18 heavy (non-hydrogen) atoms. The maximum Gasteiger partial charge on any atom is 0.338 e. The lowest BCUT2D eigenvalue weighted by atomic mass is 10.1. The Morgan fingerprint density at radius 2 is 2.00 bits per heavy atom. The second-order valence-electron chi connectivity index (χ2n) is 3.83. The van der Waals surface area contributed by atoms with E-state index in [1.165, 1.54) is 11.3 Å². The van der Waals surface area contributed by atoms with Crippen molar-refractivity contribution in [2.45, 2.75) is 0 Å². The van der Waals surface area contributed by atoms with Gasteiger partial charge in [-0.2, -0.15) is 0 Å². The Kier molecular flexibility index (Phi) is 2.61. The highest BCUT2D eigenvalue weighted by atomic mass is 35.5. The third-order valence-electron chi connectivity index (χ3n) is 2.74. The number of carboxylic acid groups (broad SMARTS) is 1. The summed E-state index contributed by atoms with van der Waals surface area (Å²) in [6.45, 7) is 0. The van der Waals surface area contributed by atoms with E-state index in [1.54, 1.807) is 12.1 Å². The van der Waals surface area contributed by atoms with Crippen molar-refractivity contribution in [3.63, 3.8) is 0 Å². The summed E-state index contributed by atoms with van der Waals surface area (Å²) in [6.07, 6.45) is 0. The van der Waals surface area contributed by atoms with Crippen LogP contribution < -0.4 is 0 Å². The molecular weight excluding hydrogens is 270 g/mol. The number of aromatic amines is 1. The van der Waals surface area contributed by atoms with Gasteiger partial charge in [0, 0.05) is 10.9 Å². The lowest BCUT2D eigenvalue weighted by Crippen LogP contribution is -1.96. The van der Waals surface area contributed by atoms with Gasteiger partial charge in [-0.25, -0.2) is 4.79 Å². The number of thiophene rings is 1.